The molecule has 2 heterocycles. The van der Waals surface area contributed by atoms with Crippen molar-refractivity contribution in [2.24, 2.45) is 0 Å². The molecule has 1 N–H and O–H groups in total. The van der Waals surface area contributed by atoms with Crippen molar-refractivity contribution in [1.82, 2.24) is 0 Å². The number of ether oxygens (including phenoxy) is 6. The third kappa shape index (κ3) is 16.6. The van der Waals surface area contributed by atoms with Gasteiger partial charge >= 0.3 is 14.2 Å². The van der Waals surface area contributed by atoms with E-state index in [9.17, 15) is 14.6 Å². The summed E-state index contributed by atoms with van der Waals surface area (Å²) in [5.41, 5.74) is 4.60. The number of ketones is 2. The third-order valence-electron chi connectivity index (χ3n) is 10.9. The second-order valence-electron chi connectivity index (χ2n) is 15.6. The van der Waals surface area contributed by atoms with Crippen molar-refractivity contribution >= 4 is 36.7 Å². The van der Waals surface area contributed by atoms with E-state index >= 15 is 0 Å². The van der Waals surface area contributed by atoms with Crippen LogP contribution in [-0.2, 0) is 46.1 Å². The molecule has 2 aliphatic heterocycles. The molecule has 0 spiro atoms. The number of carbonyl (C=O) groups is 2. The van der Waals surface area contributed by atoms with Gasteiger partial charge in [-0.25, -0.2) is 0 Å². The van der Waals surface area contributed by atoms with Gasteiger partial charge in [0.2, 0.25) is 0 Å². The quantitative estimate of drug-likeness (QED) is 0.0561. The summed E-state index contributed by atoms with van der Waals surface area (Å²) in [4.78, 5) is 24.3. The minimum atomic E-state index is -1.05. The van der Waals surface area contributed by atoms with Gasteiger partial charge in [0.1, 0.15) is 23.0 Å². The molecule has 2 atom stereocenters. The van der Waals surface area contributed by atoms with Crippen LogP contribution in [-0.4, -0.2) is 78.0 Å². The number of carbonyl (C=O) groups excluding carboxylic acids is 2. The van der Waals surface area contributed by atoms with Gasteiger partial charge in [-0.3, -0.25) is 9.59 Å². The minimum absolute atomic E-state index is 0. The van der Waals surface area contributed by atoms with Gasteiger partial charge in [0.25, 0.3) is 0 Å². The Kier molecular flexibility index (Phi) is 23.3. The largest absolute Gasteiger partial charge is 0.493 e. The van der Waals surface area contributed by atoms with E-state index in [2.05, 4.69) is 13.8 Å². The van der Waals surface area contributed by atoms with Crippen molar-refractivity contribution < 1.29 is 57.0 Å². The lowest BCUT2D eigenvalue weighted by atomic mass is 9.76. The summed E-state index contributed by atoms with van der Waals surface area (Å²) in [5, 5.41) is 10.2. The number of hydrogen-bond acceptors (Lipinski definition) is 12. The van der Waals surface area contributed by atoms with Gasteiger partial charge in [0, 0.05) is 58.5 Å². The summed E-state index contributed by atoms with van der Waals surface area (Å²) in [6.07, 6.45) is 10.6. The first-order chi connectivity index (χ1) is 30.7. The van der Waals surface area contributed by atoms with E-state index in [0.29, 0.717) is 65.6 Å². The van der Waals surface area contributed by atoms with Gasteiger partial charge in [-0.15, -0.1) is 0 Å². The molecule has 0 radical (unpaired) electrons. The van der Waals surface area contributed by atoms with Gasteiger partial charge in [-0.2, -0.15) is 0 Å². The van der Waals surface area contributed by atoms with E-state index in [0.717, 1.165) is 87.4 Å². The van der Waals surface area contributed by atoms with Crippen LogP contribution in [0.3, 0.4) is 0 Å². The van der Waals surface area contributed by atoms with E-state index in [1.807, 2.05) is 48.5 Å². The fraction of sp³-hybridized carbons (Fsp3) is 0.480. The molecule has 2 fully saturated rings. The Balaban J connectivity index is 0.000000276. The topological polar surface area (TPSA) is 137 Å². The van der Waals surface area contributed by atoms with Gasteiger partial charge in [-0.1, -0.05) is 46.2 Å². The fourth-order valence-electron chi connectivity index (χ4n) is 7.19. The molecule has 0 saturated carbocycles. The second-order valence-corrected chi connectivity index (χ2v) is 15.6. The van der Waals surface area contributed by atoms with Crippen molar-refractivity contribution in [2.45, 2.75) is 124 Å². The Morgan fingerprint density at radius 2 is 1.02 bits per heavy atom. The SMILES string of the molecule is C.CCCCC(=O)c1ccc(Oc2ccc(B(O)OC)c(COC3CCCCO3)c2)cc1.CCCCC(=O)c1ccc(Oc2ccc(B(OC)OC)c(COC3CCCCO3)c2)cc1. The highest BCUT2D eigenvalue weighted by Gasteiger charge is 2.25. The zero-order chi connectivity index (χ0) is 44.8. The molecule has 346 valence electrons. The van der Waals surface area contributed by atoms with E-state index in [1.54, 1.807) is 50.6 Å². The van der Waals surface area contributed by atoms with Crippen LogP contribution < -0.4 is 20.4 Å². The maximum Gasteiger partial charge on any atom is 0.493 e. The molecule has 2 unspecified atom stereocenters. The second kappa shape index (κ2) is 28.5. The number of rotatable bonds is 23. The van der Waals surface area contributed by atoms with Gasteiger partial charge in [0.15, 0.2) is 24.1 Å². The molecule has 4 aromatic rings. The summed E-state index contributed by atoms with van der Waals surface area (Å²) in [5.74, 6) is 2.90. The predicted octanol–water partition coefficient (Wildman–Crippen LogP) is 9.75. The van der Waals surface area contributed by atoms with Crippen molar-refractivity contribution in [1.29, 1.82) is 0 Å². The molecule has 0 bridgehead atoms. The predicted molar refractivity (Wildman–Crippen MR) is 251 cm³/mol. The van der Waals surface area contributed by atoms with E-state index in [1.165, 1.54) is 7.11 Å². The highest BCUT2D eigenvalue weighted by atomic mass is 16.7. The van der Waals surface area contributed by atoms with Crippen LogP contribution in [0.2, 0.25) is 0 Å². The van der Waals surface area contributed by atoms with Crippen molar-refractivity contribution in [3.8, 4) is 23.0 Å². The van der Waals surface area contributed by atoms with E-state index in [-0.39, 0.29) is 38.2 Å². The van der Waals surface area contributed by atoms with Gasteiger partial charge in [0.05, 0.1) is 13.2 Å². The highest BCUT2D eigenvalue weighted by Crippen LogP contribution is 2.26. The number of hydrogen-bond donors (Lipinski definition) is 1. The third-order valence-corrected chi connectivity index (χ3v) is 10.9. The molecule has 12 nitrogen and oxygen atoms in total. The molecule has 0 aromatic heterocycles. The van der Waals surface area contributed by atoms with Crippen LogP contribution in [0.1, 0.15) is 130 Å². The number of Topliss-reactive ketones (excluding diaryl/α,β-unsaturated/α-hetero) is 2. The number of benzene rings is 4. The Hall–Kier alpha value is -4.37. The molecule has 4 aromatic carbocycles. The fourth-order valence-corrected chi connectivity index (χ4v) is 7.19. The Bertz CT molecular complexity index is 1960. The summed E-state index contributed by atoms with van der Waals surface area (Å²) >= 11 is 0. The zero-order valence-corrected chi connectivity index (χ0v) is 37.6. The van der Waals surface area contributed by atoms with Crippen LogP contribution in [0.5, 0.6) is 23.0 Å². The van der Waals surface area contributed by atoms with E-state index in [4.69, 9.17) is 42.4 Å². The molecule has 14 heteroatoms. The maximum atomic E-state index is 12.2. The molecule has 6 rings (SSSR count). The molecule has 2 saturated heterocycles. The minimum Gasteiger partial charge on any atom is -0.457 e. The van der Waals surface area contributed by atoms with Crippen LogP contribution in [0.15, 0.2) is 84.9 Å². The van der Waals surface area contributed by atoms with E-state index < -0.39 is 14.2 Å². The maximum absolute atomic E-state index is 12.2. The normalized spacial score (nSPS) is 15.8. The lowest BCUT2D eigenvalue weighted by Gasteiger charge is -2.24. The molecule has 0 amide bonds. The van der Waals surface area contributed by atoms with Crippen LogP contribution in [0.25, 0.3) is 0 Å². The van der Waals surface area contributed by atoms with Crippen molar-refractivity contribution in [3.63, 3.8) is 0 Å². The molecular formula is C50H68B2O12. The monoisotopic (exact) mass is 882 g/mol. The van der Waals surface area contributed by atoms with Gasteiger partial charge < -0.3 is 47.4 Å². The lowest BCUT2D eigenvalue weighted by molar-refractivity contribution is -0.169. The summed E-state index contributed by atoms with van der Waals surface area (Å²) in [6, 6.07) is 25.6. The summed E-state index contributed by atoms with van der Waals surface area (Å²) in [6.45, 7) is 6.24. The summed E-state index contributed by atoms with van der Waals surface area (Å²) in [7, 11) is 3.12. The number of unbranched alkanes of at least 4 members (excludes halogenated alkanes) is 2. The van der Waals surface area contributed by atoms with Gasteiger partial charge in [-0.05, 0) is 146 Å². The first kappa shape index (κ1) is 52.3. The Morgan fingerprint density at radius 3 is 1.41 bits per heavy atom. The smallest absolute Gasteiger partial charge is 0.457 e. The van der Waals surface area contributed by atoms with Crippen LogP contribution >= 0.6 is 0 Å². The average Bonchev–Trinajstić information content (AvgIpc) is 3.33. The van der Waals surface area contributed by atoms with Crippen molar-refractivity contribution in [2.75, 3.05) is 34.5 Å². The summed E-state index contributed by atoms with van der Waals surface area (Å²) < 4.78 is 51.3. The standard InChI is InChI=1S/C25H33BO6.C24H31BO6.CH4/c1-4-5-8-24(27)19-10-12-21(13-11-19)32-22-14-15-23(26(28-2)29-3)20(17-22)18-31-25-9-6-7-16-30-25;1-3-4-7-23(26)18-9-11-20(12-10-18)31-21-13-14-22(25(27)28-2)19(16-21)17-30-24-8-5-6-15-29-24;/h10-15,17,25H,4-9,16,18H2,1-3H3;9-14,16,24,27H,3-8,15,17H2,1-2H3;1H4. The van der Waals surface area contributed by atoms with Crippen molar-refractivity contribution in [3.05, 3.63) is 107 Å². The first-order valence-electron chi connectivity index (χ1n) is 22.4. The highest BCUT2D eigenvalue weighted by molar-refractivity contribution is 6.61. The lowest BCUT2D eigenvalue weighted by Crippen LogP contribution is -2.38. The molecule has 64 heavy (non-hydrogen) atoms. The molecule has 2 aliphatic rings. The van der Waals surface area contributed by atoms with Crippen LogP contribution in [0, 0.1) is 0 Å². The molecular weight excluding hydrogens is 814 g/mol. The average molecular weight is 883 g/mol. The zero-order valence-electron chi connectivity index (χ0n) is 37.6. The Labute approximate surface area is 381 Å². The Morgan fingerprint density at radius 1 is 0.594 bits per heavy atom. The molecule has 0 aliphatic carbocycles. The van der Waals surface area contributed by atoms with Crippen LogP contribution in [0.4, 0.5) is 0 Å². The first-order valence-corrected chi connectivity index (χ1v) is 22.4.